The molecule has 3 aromatic rings. The Morgan fingerprint density at radius 3 is 2.56 bits per heavy atom. The van der Waals surface area contributed by atoms with Crippen molar-refractivity contribution in [3.8, 4) is 17.2 Å². The zero-order valence-electron chi connectivity index (χ0n) is 16.9. The minimum absolute atomic E-state index is 0.0857. The van der Waals surface area contributed by atoms with E-state index in [4.69, 9.17) is 9.47 Å². The van der Waals surface area contributed by atoms with Crippen molar-refractivity contribution < 1.29 is 40.1 Å². The van der Waals surface area contributed by atoms with Crippen LogP contribution in [-0.2, 0) is 11.3 Å². The fourth-order valence-corrected chi connectivity index (χ4v) is 3.56. The molecule has 1 fully saturated rings. The average molecular weight is 449 g/mol. The smallest absolute Gasteiger partial charge is 0.167 e. The van der Waals surface area contributed by atoms with E-state index in [1.165, 1.54) is 36.5 Å². The van der Waals surface area contributed by atoms with Crippen LogP contribution in [0.4, 0.5) is 5.82 Å². The van der Waals surface area contributed by atoms with Gasteiger partial charge in [0.05, 0.1) is 20.0 Å². The Bertz CT molecular complexity index is 1110. The van der Waals surface area contributed by atoms with Crippen LogP contribution >= 0.6 is 0 Å². The fraction of sp³-hybridized carbons (Fsp3) is 0.421. The molecule has 1 aliphatic rings. The Kier molecular flexibility index (Phi) is 5.99. The Morgan fingerprint density at radius 1 is 1.06 bits per heavy atom. The number of aliphatic hydroxyl groups is 4. The number of hydrogen-bond acceptors (Lipinski definition) is 12. The molecular weight excluding hydrogens is 426 g/mol. The van der Waals surface area contributed by atoms with Gasteiger partial charge in [-0.3, -0.25) is 4.57 Å². The van der Waals surface area contributed by atoms with E-state index in [2.05, 4.69) is 20.3 Å². The SMILES string of the molecule is COc1cc(O)c(CNc2ncnc3c2ncn3C2O[C@H](CO)[C@@H](O)[C@H](O)[C@H]2O)cc1O. The molecule has 4 rings (SSSR count). The number of hydrogen-bond donors (Lipinski definition) is 7. The highest BCUT2D eigenvalue weighted by Crippen LogP contribution is 2.34. The van der Waals surface area contributed by atoms with E-state index in [1.807, 2.05) is 0 Å². The highest BCUT2D eigenvalue weighted by molar-refractivity contribution is 5.82. The molecule has 7 N–H and O–H groups in total. The van der Waals surface area contributed by atoms with Crippen molar-refractivity contribution in [3.05, 3.63) is 30.4 Å². The van der Waals surface area contributed by atoms with Crippen molar-refractivity contribution in [3.63, 3.8) is 0 Å². The summed E-state index contributed by atoms with van der Waals surface area (Å²) in [6, 6.07) is 2.64. The van der Waals surface area contributed by atoms with Gasteiger partial charge < -0.3 is 45.4 Å². The third-order valence-electron chi connectivity index (χ3n) is 5.33. The predicted octanol–water partition coefficient (Wildman–Crippen LogP) is -1.17. The topological polar surface area (TPSA) is 195 Å². The number of benzene rings is 1. The average Bonchev–Trinajstić information content (AvgIpc) is 3.22. The molecule has 1 aromatic carbocycles. The standard InChI is InChI=1S/C19H23N5O8/c1-31-11-3-9(26)8(2-10(11)27)4-20-17-13-18(22-6-21-17)24(7-23-13)19-16(30)15(29)14(28)12(5-25)32-19/h2-3,6-7,12,14-16,19,25-30H,4-5H2,1H3,(H,20,21,22)/t12-,14-,15+,16-,19?/m1/s1. The third kappa shape index (κ3) is 3.76. The van der Waals surface area contributed by atoms with Crippen LogP contribution in [0.5, 0.6) is 17.2 Å². The van der Waals surface area contributed by atoms with Crippen molar-refractivity contribution in [2.45, 2.75) is 37.2 Å². The van der Waals surface area contributed by atoms with Gasteiger partial charge in [0.25, 0.3) is 0 Å². The number of nitrogens with zero attached hydrogens (tertiary/aromatic N) is 4. The molecule has 1 aliphatic heterocycles. The normalized spacial score (nSPS) is 25.7. The second kappa shape index (κ2) is 8.72. The minimum atomic E-state index is -1.55. The molecular formula is C19H23N5O8. The van der Waals surface area contributed by atoms with Gasteiger partial charge in [0.2, 0.25) is 0 Å². The third-order valence-corrected chi connectivity index (χ3v) is 5.33. The summed E-state index contributed by atoms with van der Waals surface area (Å²) in [7, 11) is 1.37. The molecule has 32 heavy (non-hydrogen) atoms. The van der Waals surface area contributed by atoms with Gasteiger partial charge in [-0.25, -0.2) is 15.0 Å². The molecule has 13 heteroatoms. The monoisotopic (exact) mass is 449 g/mol. The molecule has 0 radical (unpaired) electrons. The number of methoxy groups -OCH3 is 1. The second-order valence-electron chi connectivity index (χ2n) is 7.27. The van der Waals surface area contributed by atoms with Crippen molar-refractivity contribution in [1.82, 2.24) is 19.5 Å². The maximum absolute atomic E-state index is 10.4. The van der Waals surface area contributed by atoms with Crippen LogP contribution in [0.2, 0.25) is 0 Å². The van der Waals surface area contributed by atoms with Crippen LogP contribution in [-0.4, -0.2) is 88.3 Å². The number of imidazole rings is 1. The zero-order valence-corrected chi connectivity index (χ0v) is 16.9. The molecule has 5 atom stereocenters. The first kappa shape index (κ1) is 22.0. The van der Waals surface area contributed by atoms with Gasteiger partial charge >= 0.3 is 0 Å². The van der Waals surface area contributed by atoms with E-state index >= 15 is 0 Å². The number of ether oxygens (including phenoxy) is 2. The van der Waals surface area contributed by atoms with E-state index in [1.54, 1.807) is 0 Å². The van der Waals surface area contributed by atoms with Crippen LogP contribution < -0.4 is 10.1 Å². The Hall–Kier alpha value is -3.23. The van der Waals surface area contributed by atoms with E-state index in [0.717, 1.165) is 0 Å². The number of aromatic hydroxyl groups is 2. The van der Waals surface area contributed by atoms with Crippen molar-refractivity contribution in [1.29, 1.82) is 0 Å². The Morgan fingerprint density at radius 2 is 1.84 bits per heavy atom. The van der Waals surface area contributed by atoms with Gasteiger partial charge in [-0.15, -0.1) is 0 Å². The number of phenols is 2. The number of aromatic nitrogens is 4. The molecule has 2 aromatic heterocycles. The minimum Gasteiger partial charge on any atom is -0.507 e. The molecule has 1 unspecified atom stereocenters. The molecule has 3 heterocycles. The first-order valence-corrected chi connectivity index (χ1v) is 9.66. The van der Waals surface area contributed by atoms with Gasteiger partial charge in [0.1, 0.15) is 36.5 Å². The van der Waals surface area contributed by atoms with Gasteiger partial charge in [0, 0.05) is 18.2 Å². The zero-order chi connectivity index (χ0) is 23.0. The Labute approximate surface area is 181 Å². The summed E-state index contributed by atoms with van der Waals surface area (Å²) in [6.45, 7) is -0.476. The summed E-state index contributed by atoms with van der Waals surface area (Å²) in [5.41, 5.74) is 0.943. The highest BCUT2D eigenvalue weighted by atomic mass is 16.6. The van der Waals surface area contributed by atoms with E-state index in [9.17, 15) is 30.6 Å². The van der Waals surface area contributed by atoms with Gasteiger partial charge in [-0.05, 0) is 6.07 Å². The number of aliphatic hydroxyl groups excluding tert-OH is 4. The van der Waals surface area contributed by atoms with Crippen LogP contribution in [0.1, 0.15) is 11.8 Å². The molecule has 0 amide bonds. The maximum atomic E-state index is 10.4. The van der Waals surface area contributed by atoms with Crippen LogP contribution in [0.15, 0.2) is 24.8 Å². The largest absolute Gasteiger partial charge is 0.507 e. The lowest BCUT2D eigenvalue weighted by molar-refractivity contribution is -0.250. The fourth-order valence-electron chi connectivity index (χ4n) is 3.56. The number of fused-ring (bicyclic) bond motifs is 1. The summed E-state index contributed by atoms with van der Waals surface area (Å²) in [4.78, 5) is 12.6. The number of nitrogens with one attached hydrogen (secondary N) is 1. The number of anilines is 1. The van der Waals surface area contributed by atoms with Crippen molar-refractivity contribution >= 4 is 17.0 Å². The highest BCUT2D eigenvalue weighted by Gasteiger charge is 2.44. The van der Waals surface area contributed by atoms with Gasteiger partial charge in [-0.1, -0.05) is 0 Å². The summed E-state index contributed by atoms with van der Waals surface area (Å²) >= 11 is 0. The lowest BCUT2D eigenvalue weighted by Crippen LogP contribution is -2.56. The lowest BCUT2D eigenvalue weighted by atomic mass is 9.98. The summed E-state index contributed by atoms with van der Waals surface area (Å²) in [5, 5.41) is 62.9. The molecule has 0 spiro atoms. The molecule has 0 bridgehead atoms. The molecule has 0 aliphatic carbocycles. The van der Waals surface area contributed by atoms with E-state index < -0.39 is 37.3 Å². The van der Waals surface area contributed by atoms with Crippen molar-refractivity contribution in [2.24, 2.45) is 0 Å². The molecule has 13 nitrogen and oxygen atoms in total. The first-order chi connectivity index (χ1) is 15.3. The Balaban J connectivity index is 1.61. The quantitative estimate of drug-likeness (QED) is 0.223. The predicted molar refractivity (Wildman–Crippen MR) is 108 cm³/mol. The van der Waals surface area contributed by atoms with Crippen LogP contribution in [0.3, 0.4) is 0 Å². The van der Waals surface area contributed by atoms with Gasteiger partial charge in [0.15, 0.2) is 34.7 Å². The molecule has 172 valence electrons. The summed E-state index contributed by atoms with van der Waals surface area (Å²) in [5.74, 6) is 0.202. The van der Waals surface area contributed by atoms with Crippen LogP contribution in [0, 0.1) is 0 Å². The summed E-state index contributed by atoms with van der Waals surface area (Å²) in [6.07, 6.45) is -4.21. The van der Waals surface area contributed by atoms with Crippen LogP contribution in [0.25, 0.3) is 11.2 Å². The molecule has 0 saturated carbocycles. The second-order valence-corrected chi connectivity index (χ2v) is 7.27. The molecule has 1 saturated heterocycles. The van der Waals surface area contributed by atoms with Crippen molar-refractivity contribution in [2.75, 3.05) is 19.0 Å². The number of phenolic OH excluding ortho intramolecular Hbond substituents is 2. The lowest BCUT2D eigenvalue weighted by Gasteiger charge is -2.40. The van der Waals surface area contributed by atoms with Gasteiger partial charge in [-0.2, -0.15) is 0 Å². The first-order valence-electron chi connectivity index (χ1n) is 9.66. The van der Waals surface area contributed by atoms with E-state index in [-0.39, 0.29) is 29.4 Å². The van der Waals surface area contributed by atoms with E-state index in [0.29, 0.717) is 16.9 Å². The number of rotatable bonds is 6. The summed E-state index contributed by atoms with van der Waals surface area (Å²) < 4.78 is 11.9. The maximum Gasteiger partial charge on any atom is 0.167 e.